The van der Waals surface area contributed by atoms with Crippen LogP contribution in [-0.2, 0) is 0 Å². The molecule has 0 aliphatic carbocycles. The van der Waals surface area contributed by atoms with Crippen LogP contribution in [0.15, 0.2) is 6.07 Å². The maximum atomic E-state index is 5.55. The number of nitrogens with one attached hydrogen (secondary N) is 1. The molecule has 1 saturated heterocycles. The van der Waals surface area contributed by atoms with Gasteiger partial charge in [-0.2, -0.15) is 16.7 Å². The summed E-state index contributed by atoms with van der Waals surface area (Å²) in [5.41, 5.74) is 0.942. The van der Waals surface area contributed by atoms with Gasteiger partial charge in [0.25, 0.3) is 0 Å². The Balaban J connectivity index is 1.91. The molecular weight excluding hydrogens is 246 g/mol. The predicted octanol–water partition coefficient (Wildman–Crippen LogP) is 2.88. The Labute approximate surface area is 113 Å². The largest absolute Gasteiger partial charge is 0.478 e. The molecule has 0 amide bonds. The van der Waals surface area contributed by atoms with Crippen LogP contribution in [0.3, 0.4) is 0 Å². The average Bonchev–Trinajstić information content (AvgIpc) is 2.86. The van der Waals surface area contributed by atoms with Crippen molar-refractivity contribution in [3.05, 3.63) is 11.8 Å². The molecule has 1 N–H and O–H groups in total. The maximum absolute atomic E-state index is 5.55. The Morgan fingerprint density at radius 2 is 2.39 bits per heavy atom. The van der Waals surface area contributed by atoms with E-state index in [1.807, 2.05) is 24.8 Å². The number of nitrogens with zero attached hydrogens (tertiary/aromatic N) is 2. The minimum atomic E-state index is 0.672. The molecule has 0 aromatic carbocycles. The van der Waals surface area contributed by atoms with Crippen LogP contribution in [0.2, 0.25) is 0 Å². The molecule has 1 fully saturated rings. The van der Waals surface area contributed by atoms with E-state index in [-0.39, 0.29) is 0 Å². The number of thioether (sulfide) groups is 1. The molecule has 1 atom stereocenters. The summed E-state index contributed by atoms with van der Waals surface area (Å²) in [6.07, 6.45) is 3.61. The van der Waals surface area contributed by atoms with Crippen LogP contribution in [-0.4, -0.2) is 34.1 Å². The molecule has 1 aromatic heterocycles. The number of hydrogen-bond acceptors (Lipinski definition) is 5. The van der Waals surface area contributed by atoms with Gasteiger partial charge in [-0.15, -0.1) is 0 Å². The molecule has 0 spiro atoms. The predicted molar refractivity (Wildman–Crippen MR) is 76.5 cm³/mol. The molecule has 1 aromatic rings. The second-order valence-corrected chi connectivity index (χ2v) is 5.94. The van der Waals surface area contributed by atoms with Crippen LogP contribution in [0.5, 0.6) is 5.88 Å². The molecule has 0 saturated carbocycles. The van der Waals surface area contributed by atoms with Crippen molar-refractivity contribution < 1.29 is 4.74 Å². The molecule has 0 bridgehead atoms. The van der Waals surface area contributed by atoms with Crippen LogP contribution in [0.4, 0.5) is 5.95 Å². The van der Waals surface area contributed by atoms with Gasteiger partial charge in [-0.1, -0.05) is 6.92 Å². The van der Waals surface area contributed by atoms with Gasteiger partial charge in [0.2, 0.25) is 11.8 Å². The van der Waals surface area contributed by atoms with E-state index < -0.39 is 0 Å². The number of anilines is 1. The molecular formula is C13H21N3OS. The van der Waals surface area contributed by atoms with Gasteiger partial charge in [0.15, 0.2) is 0 Å². The Morgan fingerprint density at radius 1 is 1.50 bits per heavy atom. The lowest BCUT2D eigenvalue weighted by atomic mass is 10.2. The average molecular weight is 267 g/mol. The molecule has 100 valence electrons. The maximum Gasteiger partial charge on any atom is 0.226 e. The molecule has 18 heavy (non-hydrogen) atoms. The summed E-state index contributed by atoms with van der Waals surface area (Å²) in [6, 6.07) is 1.88. The Hall–Kier alpha value is -0.970. The third-order valence-corrected chi connectivity index (χ3v) is 4.19. The van der Waals surface area contributed by atoms with E-state index in [1.54, 1.807) is 0 Å². The zero-order valence-electron chi connectivity index (χ0n) is 11.1. The van der Waals surface area contributed by atoms with Crippen LogP contribution < -0.4 is 10.1 Å². The third kappa shape index (κ3) is 4.05. The fourth-order valence-corrected chi connectivity index (χ4v) is 3.11. The zero-order chi connectivity index (χ0) is 12.8. The van der Waals surface area contributed by atoms with Crippen molar-refractivity contribution in [1.82, 2.24) is 9.97 Å². The summed E-state index contributed by atoms with van der Waals surface area (Å²) in [6.45, 7) is 5.70. The standard InChI is InChI=1S/C13H21N3OS/c1-3-6-17-12-8-10(2)15-13(16-12)14-9-11-5-4-7-18-11/h8,11H,3-7,9H2,1-2H3,(H,14,15,16). The highest BCUT2D eigenvalue weighted by Gasteiger charge is 2.15. The number of hydrogen-bond donors (Lipinski definition) is 1. The fourth-order valence-electron chi connectivity index (χ4n) is 1.91. The van der Waals surface area contributed by atoms with Crippen molar-refractivity contribution >= 4 is 17.7 Å². The second-order valence-electron chi connectivity index (χ2n) is 4.54. The van der Waals surface area contributed by atoms with E-state index in [0.717, 1.165) is 18.7 Å². The van der Waals surface area contributed by atoms with Crippen LogP contribution in [0.1, 0.15) is 31.9 Å². The highest BCUT2D eigenvalue weighted by atomic mass is 32.2. The van der Waals surface area contributed by atoms with E-state index in [1.165, 1.54) is 18.6 Å². The number of aryl methyl sites for hydroxylation is 1. The van der Waals surface area contributed by atoms with E-state index in [4.69, 9.17) is 4.74 Å². The molecule has 2 heterocycles. The quantitative estimate of drug-likeness (QED) is 0.858. The lowest BCUT2D eigenvalue weighted by Crippen LogP contribution is -2.16. The lowest BCUT2D eigenvalue weighted by molar-refractivity contribution is 0.305. The van der Waals surface area contributed by atoms with Gasteiger partial charge in [0.05, 0.1) is 6.61 Å². The van der Waals surface area contributed by atoms with Crippen molar-refractivity contribution in [2.75, 3.05) is 24.2 Å². The molecule has 0 radical (unpaired) electrons. The van der Waals surface area contributed by atoms with E-state index in [0.29, 0.717) is 23.7 Å². The number of ether oxygens (including phenoxy) is 1. The Bertz CT molecular complexity index is 380. The summed E-state index contributed by atoms with van der Waals surface area (Å²) in [4.78, 5) is 8.77. The van der Waals surface area contributed by atoms with Gasteiger partial charge >= 0.3 is 0 Å². The van der Waals surface area contributed by atoms with Crippen molar-refractivity contribution in [3.63, 3.8) is 0 Å². The first-order valence-electron chi connectivity index (χ1n) is 6.62. The first kappa shape index (κ1) is 13.5. The highest BCUT2D eigenvalue weighted by Crippen LogP contribution is 2.26. The van der Waals surface area contributed by atoms with Gasteiger partial charge in [-0.25, -0.2) is 4.98 Å². The number of rotatable bonds is 6. The molecule has 1 aliphatic heterocycles. The number of aromatic nitrogens is 2. The van der Waals surface area contributed by atoms with Crippen LogP contribution >= 0.6 is 11.8 Å². The van der Waals surface area contributed by atoms with E-state index >= 15 is 0 Å². The van der Waals surface area contributed by atoms with Crippen molar-refractivity contribution in [2.24, 2.45) is 0 Å². The monoisotopic (exact) mass is 267 g/mol. The smallest absolute Gasteiger partial charge is 0.226 e. The summed E-state index contributed by atoms with van der Waals surface area (Å²) in [5.74, 6) is 2.64. The summed E-state index contributed by atoms with van der Waals surface area (Å²) < 4.78 is 5.55. The third-order valence-electron chi connectivity index (χ3n) is 2.80. The van der Waals surface area contributed by atoms with Gasteiger partial charge in [0, 0.05) is 23.6 Å². The van der Waals surface area contributed by atoms with Crippen molar-refractivity contribution in [3.8, 4) is 5.88 Å². The van der Waals surface area contributed by atoms with Crippen molar-refractivity contribution in [1.29, 1.82) is 0 Å². The van der Waals surface area contributed by atoms with Gasteiger partial charge in [0.1, 0.15) is 0 Å². The topological polar surface area (TPSA) is 47.0 Å². The molecule has 2 rings (SSSR count). The summed E-state index contributed by atoms with van der Waals surface area (Å²) in [5, 5.41) is 4.02. The Kier molecular flexibility index (Phi) is 5.11. The van der Waals surface area contributed by atoms with Crippen LogP contribution in [0.25, 0.3) is 0 Å². The minimum absolute atomic E-state index is 0.672. The normalized spacial score (nSPS) is 18.9. The first-order chi connectivity index (χ1) is 8.78. The minimum Gasteiger partial charge on any atom is -0.478 e. The van der Waals surface area contributed by atoms with Crippen molar-refractivity contribution in [2.45, 2.75) is 38.4 Å². The van der Waals surface area contributed by atoms with E-state index in [9.17, 15) is 0 Å². The molecule has 4 nitrogen and oxygen atoms in total. The molecule has 1 unspecified atom stereocenters. The first-order valence-corrected chi connectivity index (χ1v) is 7.66. The Morgan fingerprint density at radius 3 is 3.11 bits per heavy atom. The molecule has 5 heteroatoms. The summed E-state index contributed by atoms with van der Waals surface area (Å²) >= 11 is 2.03. The fraction of sp³-hybridized carbons (Fsp3) is 0.692. The van der Waals surface area contributed by atoms with Gasteiger partial charge < -0.3 is 10.1 Å². The second kappa shape index (κ2) is 6.83. The van der Waals surface area contributed by atoms with Crippen LogP contribution in [0, 0.1) is 6.92 Å². The molecule has 1 aliphatic rings. The van der Waals surface area contributed by atoms with Gasteiger partial charge in [-0.3, -0.25) is 0 Å². The lowest BCUT2D eigenvalue weighted by Gasteiger charge is -2.11. The highest BCUT2D eigenvalue weighted by molar-refractivity contribution is 8.00. The SMILES string of the molecule is CCCOc1cc(C)nc(NCC2CCCS2)n1. The summed E-state index contributed by atoms with van der Waals surface area (Å²) in [7, 11) is 0. The van der Waals surface area contributed by atoms with E-state index in [2.05, 4.69) is 22.2 Å². The van der Waals surface area contributed by atoms with Gasteiger partial charge in [-0.05, 0) is 31.9 Å². The zero-order valence-corrected chi connectivity index (χ0v) is 11.9.